The fourth-order valence-electron chi connectivity index (χ4n) is 3.48. The topological polar surface area (TPSA) is 78.9 Å². The van der Waals surface area contributed by atoms with Crippen LogP contribution in [-0.4, -0.2) is 51.2 Å². The van der Waals surface area contributed by atoms with Crippen LogP contribution in [0.4, 0.5) is 11.4 Å². The largest absolute Gasteiger partial charge is 0.389 e. The van der Waals surface area contributed by atoms with Crippen molar-refractivity contribution >= 4 is 33.2 Å². The van der Waals surface area contributed by atoms with Gasteiger partial charge in [-0.2, -0.15) is 0 Å². The van der Waals surface area contributed by atoms with E-state index >= 15 is 0 Å². The number of ether oxygens (including phenoxy) is 1. The molecule has 3 unspecified atom stereocenters. The van der Waals surface area contributed by atoms with Crippen LogP contribution in [0.5, 0.6) is 0 Å². The number of benzene rings is 2. The third-order valence-corrected chi connectivity index (χ3v) is 6.42. The van der Waals surface area contributed by atoms with E-state index in [0.717, 1.165) is 27.4 Å². The first-order valence-corrected chi connectivity index (χ1v) is 11.0. The molecule has 0 aromatic heterocycles. The predicted octanol–water partition coefficient (Wildman–Crippen LogP) is 1.97. The summed E-state index contributed by atoms with van der Waals surface area (Å²) in [6.45, 7) is 0.465. The fourth-order valence-corrected chi connectivity index (χ4v) is 5.31. The van der Waals surface area contributed by atoms with Crippen molar-refractivity contribution in [1.29, 1.82) is 0 Å². The van der Waals surface area contributed by atoms with E-state index in [4.69, 9.17) is 4.74 Å². The zero-order chi connectivity index (χ0) is 18.3. The Bertz CT molecular complexity index is 873. The lowest BCUT2D eigenvalue weighted by atomic mass is 9.99. The molecule has 0 saturated carbocycles. The minimum Gasteiger partial charge on any atom is -0.389 e. The summed E-state index contributed by atoms with van der Waals surface area (Å²) in [6.07, 6.45) is 0.188. The SMILES string of the molecule is CS(=O)(=O)NC1COCC(N2c3ccccc3Sc3ccccc32)C1O. The van der Waals surface area contributed by atoms with Crippen LogP contribution >= 0.6 is 11.8 Å². The number of nitrogens with one attached hydrogen (secondary N) is 1. The van der Waals surface area contributed by atoms with Crippen LogP contribution in [-0.2, 0) is 14.8 Å². The number of hydrogen-bond acceptors (Lipinski definition) is 6. The first-order valence-electron chi connectivity index (χ1n) is 8.32. The van der Waals surface area contributed by atoms with Crippen molar-refractivity contribution in [3.05, 3.63) is 48.5 Å². The van der Waals surface area contributed by atoms with Gasteiger partial charge in [0.2, 0.25) is 10.0 Å². The Kier molecular flexibility index (Phi) is 4.70. The molecule has 0 bridgehead atoms. The van der Waals surface area contributed by atoms with Gasteiger partial charge < -0.3 is 14.7 Å². The van der Waals surface area contributed by atoms with Gasteiger partial charge in [-0.25, -0.2) is 13.1 Å². The van der Waals surface area contributed by atoms with E-state index in [1.807, 2.05) is 48.5 Å². The van der Waals surface area contributed by atoms with Crippen LogP contribution in [0.15, 0.2) is 58.3 Å². The first-order chi connectivity index (χ1) is 12.4. The van der Waals surface area contributed by atoms with E-state index in [-0.39, 0.29) is 6.61 Å². The Morgan fingerprint density at radius 1 is 1.08 bits per heavy atom. The van der Waals surface area contributed by atoms with E-state index in [1.54, 1.807) is 11.8 Å². The normalized spacial score (nSPS) is 25.5. The second-order valence-corrected chi connectivity index (χ2v) is 9.36. The number of para-hydroxylation sites is 2. The van der Waals surface area contributed by atoms with Crippen molar-refractivity contribution in [2.45, 2.75) is 28.0 Å². The summed E-state index contributed by atoms with van der Waals surface area (Å²) >= 11 is 1.69. The summed E-state index contributed by atoms with van der Waals surface area (Å²) in [5, 5.41) is 10.9. The Morgan fingerprint density at radius 3 is 2.23 bits per heavy atom. The average molecular weight is 393 g/mol. The lowest BCUT2D eigenvalue weighted by Crippen LogP contribution is -2.60. The number of anilines is 2. The summed E-state index contributed by atoms with van der Waals surface area (Å²) in [5.41, 5.74) is 1.98. The van der Waals surface area contributed by atoms with Gasteiger partial charge in [-0.1, -0.05) is 36.0 Å². The van der Waals surface area contributed by atoms with Crippen molar-refractivity contribution < 1.29 is 18.3 Å². The van der Waals surface area contributed by atoms with Crippen molar-refractivity contribution in [2.24, 2.45) is 0 Å². The Labute approximate surface area is 157 Å². The van der Waals surface area contributed by atoms with Gasteiger partial charge in [0, 0.05) is 9.79 Å². The second kappa shape index (κ2) is 6.86. The molecule has 6 nitrogen and oxygen atoms in total. The summed E-state index contributed by atoms with van der Waals surface area (Å²) in [6, 6.07) is 14.9. The molecular formula is C18H20N2O4S2. The monoisotopic (exact) mass is 392 g/mol. The van der Waals surface area contributed by atoms with Crippen LogP contribution in [0.2, 0.25) is 0 Å². The lowest BCUT2D eigenvalue weighted by molar-refractivity contribution is -0.0243. The molecule has 2 aromatic carbocycles. The number of aliphatic hydroxyl groups is 1. The maximum absolute atomic E-state index is 11.6. The number of fused-ring (bicyclic) bond motifs is 2. The Morgan fingerprint density at radius 2 is 1.65 bits per heavy atom. The summed E-state index contributed by atoms with van der Waals surface area (Å²) in [4.78, 5) is 4.26. The molecule has 26 heavy (non-hydrogen) atoms. The summed E-state index contributed by atoms with van der Waals surface area (Å²) < 4.78 is 31.4. The molecule has 2 heterocycles. The highest BCUT2D eigenvalue weighted by Gasteiger charge is 2.40. The molecule has 1 fully saturated rings. The first kappa shape index (κ1) is 17.8. The standard InChI is InChI=1S/C18H20N2O4S2/c1-26(22,23)19-12-10-24-11-15(18(12)21)20-13-6-2-4-8-16(13)25-17-9-5-3-7-14(17)20/h2-9,12,15,18-19,21H,10-11H2,1H3. The van der Waals surface area contributed by atoms with E-state index in [2.05, 4.69) is 9.62 Å². The second-order valence-electron chi connectivity index (χ2n) is 6.50. The maximum Gasteiger partial charge on any atom is 0.209 e. The minimum absolute atomic E-state index is 0.149. The molecule has 0 spiro atoms. The molecule has 2 aromatic rings. The molecule has 0 aliphatic carbocycles. The maximum atomic E-state index is 11.6. The van der Waals surface area contributed by atoms with Crippen molar-refractivity contribution in [3.8, 4) is 0 Å². The van der Waals surface area contributed by atoms with Gasteiger partial charge in [0.15, 0.2) is 0 Å². The molecular weight excluding hydrogens is 372 g/mol. The fraction of sp³-hybridized carbons (Fsp3) is 0.333. The van der Waals surface area contributed by atoms with E-state index in [1.165, 1.54) is 0 Å². The van der Waals surface area contributed by atoms with Gasteiger partial charge in [-0.05, 0) is 24.3 Å². The summed E-state index contributed by atoms with van der Waals surface area (Å²) in [5.74, 6) is 0. The highest BCUT2D eigenvalue weighted by molar-refractivity contribution is 7.99. The van der Waals surface area contributed by atoms with E-state index in [0.29, 0.717) is 6.61 Å². The molecule has 2 N–H and O–H groups in total. The van der Waals surface area contributed by atoms with Crippen LogP contribution in [0.1, 0.15) is 0 Å². The van der Waals surface area contributed by atoms with Gasteiger partial charge in [0.25, 0.3) is 0 Å². The number of sulfonamides is 1. The minimum atomic E-state index is -3.44. The van der Waals surface area contributed by atoms with Crippen molar-refractivity contribution in [2.75, 3.05) is 24.4 Å². The van der Waals surface area contributed by atoms with Crippen LogP contribution in [0.25, 0.3) is 0 Å². The van der Waals surface area contributed by atoms with Crippen LogP contribution in [0.3, 0.4) is 0 Å². The quantitative estimate of drug-likeness (QED) is 0.832. The van der Waals surface area contributed by atoms with Gasteiger partial charge in [0.05, 0.1) is 49.0 Å². The lowest BCUT2D eigenvalue weighted by Gasteiger charge is -2.44. The number of nitrogens with zero attached hydrogens (tertiary/aromatic N) is 1. The van der Waals surface area contributed by atoms with Crippen molar-refractivity contribution in [3.63, 3.8) is 0 Å². The highest BCUT2D eigenvalue weighted by atomic mass is 32.2. The van der Waals surface area contributed by atoms with Gasteiger partial charge in [-0.15, -0.1) is 0 Å². The van der Waals surface area contributed by atoms with Crippen LogP contribution in [0, 0.1) is 0 Å². The molecule has 2 aliphatic rings. The molecule has 0 radical (unpaired) electrons. The third-order valence-electron chi connectivity index (χ3n) is 4.56. The van der Waals surface area contributed by atoms with Crippen molar-refractivity contribution in [1.82, 2.24) is 4.72 Å². The van der Waals surface area contributed by atoms with Gasteiger partial charge in [-0.3, -0.25) is 0 Å². The number of aliphatic hydroxyl groups excluding tert-OH is 1. The molecule has 4 rings (SSSR count). The molecule has 138 valence electrons. The molecule has 3 atom stereocenters. The molecule has 0 amide bonds. The third kappa shape index (κ3) is 3.35. The zero-order valence-electron chi connectivity index (χ0n) is 14.2. The Balaban J connectivity index is 1.75. The van der Waals surface area contributed by atoms with Crippen LogP contribution < -0.4 is 9.62 Å². The zero-order valence-corrected chi connectivity index (χ0v) is 15.8. The van der Waals surface area contributed by atoms with Gasteiger partial charge >= 0.3 is 0 Å². The molecule has 2 aliphatic heterocycles. The summed E-state index contributed by atoms with van der Waals surface area (Å²) in [7, 11) is -3.44. The number of rotatable bonds is 3. The molecule has 8 heteroatoms. The smallest absolute Gasteiger partial charge is 0.209 e. The van der Waals surface area contributed by atoms with Gasteiger partial charge in [0.1, 0.15) is 0 Å². The average Bonchev–Trinajstić information content (AvgIpc) is 2.61. The Hall–Kier alpha value is -1.58. The van der Waals surface area contributed by atoms with E-state index < -0.39 is 28.2 Å². The van der Waals surface area contributed by atoms with E-state index in [9.17, 15) is 13.5 Å². The highest BCUT2D eigenvalue weighted by Crippen LogP contribution is 2.49. The predicted molar refractivity (Wildman–Crippen MR) is 102 cm³/mol. The number of hydrogen-bond donors (Lipinski definition) is 2. The molecule has 1 saturated heterocycles.